The standard InChI is InChI=1S/C17H23NO4S/c1-4-6-7-8-16-15(5-2)21-17(22-16)18-23(19,20)14-11-9-13(3)10-12-14/h5,9-12,15-16H,2,4,6-8H2,1,3H3/b18-17+. The van der Waals surface area contributed by atoms with Crippen molar-refractivity contribution in [3.63, 3.8) is 0 Å². The Kier molecular flexibility index (Phi) is 5.82. The molecule has 2 unspecified atom stereocenters. The number of rotatable bonds is 7. The molecule has 0 aromatic heterocycles. The Morgan fingerprint density at radius 2 is 1.91 bits per heavy atom. The number of hydrogen-bond donors (Lipinski definition) is 0. The lowest BCUT2D eigenvalue weighted by Crippen LogP contribution is -2.19. The Labute approximate surface area is 138 Å². The minimum absolute atomic E-state index is 0.118. The van der Waals surface area contributed by atoms with Gasteiger partial charge in [0.25, 0.3) is 10.0 Å². The van der Waals surface area contributed by atoms with Crippen molar-refractivity contribution in [1.29, 1.82) is 0 Å². The molecule has 126 valence electrons. The van der Waals surface area contributed by atoms with Gasteiger partial charge in [-0.1, -0.05) is 48.4 Å². The minimum Gasteiger partial charge on any atom is -0.442 e. The summed E-state index contributed by atoms with van der Waals surface area (Å²) in [6.45, 7) is 7.72. The molecule has 1 aliphatic heterocycles. The van der Waals surface area contributed by atoms with Crippen LogP contribution in [-0.4, -0.2) is 26.7 Å². The molecule has 1 aromatic carbocycles. The molecule has 23 heavy (non-hydrogen) atoms. The number of hydrogen-bond acceptors (Lipinski definition) is 4. The molecule has 0 saturated carbocycles. The van der Waals surface area contributed by atoms with Crippen molar-refractivity contribution < 1.29 is 17.9 Å². The molecule has 0 bridgehead atoms. The van der Waals surface area contributed by atoms with Crippen LogP contribution in [0, 0.1) is 6.92 Å². The summed E-state index contributed by atoms with van der Waals surface area (Å²) in [6, 6.07) is 6.49. The summed E-state index contributed by atoms with van der Waals surface area (Å²) in [4.78, 5) is 0.118. The highest BCUT2D eigenvalue weighted by molar-refractivity contribution is 7.90. The summed E-state index contributed by atoms with van der Waals surface area (Å²) in [6.07, 6.45) is 4.81. The fourth-order valence-corrected chi connectivity index (χ4v) is 3.21. The predicted molar refractivity (Wildman–Crippen MR) is 89.9 cm³/mol. The van der Waals surface area contributed by atoms with Gasteiger partial charge in [0.05, 0.1) is 4.90 Å². The third-order valence-corrected chi connectivity index (χ3v) is 4.95. The van der Waals surface area contributed by atoms with Crippen molar-refractivity contribution in [3.05, 3.63) is 42.5 Å². The zero-order chi connectivity index (χ0) is 16.9. The molecule has 1 fully saturated rings. The number of nitrogens with zero attached hydrogens (tertiary/aromatic N) is 1. The third-order valence-electron chi connectivity index (χ3n) is 3.69. The van der Waals surface area contributed by atoms with Crippen LogP contribution in [0.15, 0.2) is 46.2 Å². The molecule has 1 heterocycles. The Bertz CT molecular complexity index is 664. The molecule has 0 amide bonds. The second-order valence-electron chi connectivity index (χ2n) is 5.62. The van der Waals surface area contributed by atoms with Gasteiger partial charge in [0.15, 0.2) is 6.10 Å². The Hall–Kier alpha value is -1.82. The molecule has 1 aromatic rings. The van der Waals surface area contributed by atoms with Gasteiger partial charge >= 0.3 is 6.08 Å². The fraction of sp³-hybridized carbons (Fsp3) is 0.471. The molecule has 1 aliphatic rings. The normalized spacial score (nSPS) is 22.6. The van der Waals surface area contributed by atoms with E-state index >= 15 is 0 Å². The van der Waals surface area contributed by atoms with E-state index in [-0.39, 0.29) is 23.2 Å². The average Bonchev–Trinajstić information content (AvgIpc) is 2.89. The third kappa shape index (κ3) is 4.58. The van der Waals surface area contributed by atoms with Gasteiger partial charge in [0.1, 0.15) is 6.10 Å². The smallest absolute Gasteiger partial charge is 0.401 e. The van der Waals surface area contributed by atoms with Gasteiger partial charge in [0.2, 0.25) is 0 Å². The van der Waals surface area contributed by atoms with E-state index in [4.69, 9.17) is 9.47 Å². The summed E-state index contributed by atoms with van der Waals surface area (Å²) in [5.41, 5.74) is 0.979. The van der Waals surface area contributed by atoms with E-state index in [1.807, 2.05) is 6.92 Å². The molecule has 5 nitrogen and oxygen atoms in total. The van der Waals surface area contributed by atoms with Crippen LogP contribution in [0.3, 0.4) is 0 Å². The number of aryl methyl sites for hydroxylation is 1. The van der Waals surface area contributed by atoms with Crippen molar-refractivity contribution in [2.75, 3.05) is 0 Å². The molecule has 1 saturated heterocycles. The van der Waals surface area contributed by atoms with Crippen molar-refractivity contribution in [1.82, 2.24) is 0 Å². The van der Waals surface area contributed by atoms with Crippen LogP contribution in [0.25, 0.3) is 0 Å². The Morgan fingerprint density at radius 1 is 1.22 bits per heavy atom. The van der Waals surface area contributed by atoms with Crippen LogP contribution >= 0.6 is 0 Å². The van der Waals surface area contributed by atoms with Crippen LogP contribution in [0.2, 0.25) is 0 Å². The van der Waals surface area contributed by atoms with E-state index < -0.39 is 10.0 Å². The van der Waals surface area contributed by atoms with E-state index in [1.165, 1.54) is 12.1 Å². The van der Waals surface area contributed by atoms with Crippen molar-refractivity contribution in [2.45, 2.75) is 56.6 Å². The van der Waals surface area contributed by atoms with Gasteiger partial charge in [-0.15, -0.1) is 0 Å². The topological polar surface area (TPSA) is 65.0 Å². The number of sulfonamides is 1. The highest BCUT2D eigenvalue weighted by Crippen LogP contribution is 2.23. The summed E-state index contributed by atoms with van der Waals surface area (Å²) in [7, 11) is -3.84. The SMILES string of the molecule is C=CC1O/C(=N\S(=O)(=O)c2ccc(C)cc2)OC1CCCCC. The minimum atomic E-state index is -3.84. The van der Waals surface area contributed by atoms with Crippen LogP contribution in [0.1, 0.15) is 38.2 Å². The lowest BCUT2D eigenvalue weighted by atomic mass is 10.1. The van der Waals surface area contributed by atoms with Gasteiger partial charge < -0.3 is 9.47 Å². The molecule has 0 aliphatic carbocycles. The van der Waals surface area contributed by atoms with Crippen LogP contribution < -0.4 is 0 Å². The molecular formula is C17H23NO4S. The largest absolute Gasteiger partial charge is 0.442 e. The lowest BCUT2D eigenvalue weighted by molar-refractivity contribution is 0.176. The van der Waals surface area contributed by atoms with E-state index in [1.54, 1.807) is 18.2 Å². The Balaban J connectivity index is 2.12. The van der Waals surface area contributed by atoms with Gasteiger partial charge in [-0.3, -0.25) is 0 Å². The molecular weight excluding hydrogens is 314 g/mol. The maximum Gasteiger partial charge on any atom is 0.401 e. The first-order valence-electron chi connectivity index (χ1n) is 7.83. The second kappa shape index (κ2) is 7.64. The van der Waals surface area contributed by atoms with Gasteiger partial charge in [-0.25, -0.2) is 0 Å². The summed E-state index contributed by atoms with van der Waals surface area (Å²) in [5, 5.41) is 0. The molecule has 0 spiro atoms. The second-order valence-corrected chi connectivity index (χ2v) is 7.22. The van der Waals surface area contributed by atoms with Gasteiger partial charge in [-0.05, 0) is 38.0 Å². The Morgan fingerprint density at radius 3 is 2.52 bits per heavy atom. The van der Waals surface area contributed by atoms with Gasteiger partial charge in [0, 0.05) is 0 Å². The van der Waals surface area contributed by atoms with E-state index in [2.05, 4.69) is 17.9 Å². The van der Waals surface area contributed by atoms with E-state index in [9.17, 15) is 8.42 Å². The van der Waals surface area contributed by atoms with E-state index in [0.29, 0.717) is 0 Å². The van der Waals surface area contributed by atoms with Gasteiger partial charge in [-0.2, -0.15) is 8.42 Å². The number of benzene rings is 1. The molecule has 0 radical (unpaired) electrons. The highest BCUT2D eigenvalue weighted by atomic mass is 32.2. The first-order valence-corrected chi connectivity index (χ1v) is 9.27. The first kappa shape index (κ1) is 17.5. The molecule has 2 atom stereocenters. The van der Waals surface area contributed by atoms with Crippen LogP contribution in [-0.2, 0) is 19.5 Å². The lowest BCUT2D eigenvalue weighted by Gasteiger charge is -2.10. The molecule has 6 heteroatoms. The average molecular weight is 337 g/mol. The number of ether oxygens (including phenoxy) is 2. The first-order chi connectivity index (χ1) is 11.0. The van der Waals surface area contributed by atoms with Crippen molar-refractivity contribution in [3.8, 4) is 0 Å². The quantitative estimate of drug-likeness (QED) is 0.563. The summed E-state index contributed by atoms with van der Waals surface area (Å²) in [5.74, 6) is 0. The molecule has 0 N–H and O–H groups in total. The predicted octanol–water partition coefficient (Wildman–Crippen LogP) is 3.59. The number of unbranched alkanes of at least 4 members (excludes halogenated alkanes) is 2. The van der Waals surface area contributed by atoms with Crippen LogP contribution in [0.5, 0.6) is 0 Å². The van der Waals surface area contributed by atoms with Crippen molar-refractivity contribution in [2.24, 2.45) is 4.40 Å². The summed E-state index contributed by atoms with van der Waals surface area (Å²) < 4.78 is 39.3. The maximum absolute atomic E-state index is 12.3. The zero-order valence-corrected chi connectivity index (χ0v) is 14.4. The van der Waals surface area contributed by atoms with E-state index in [0.717, 1.165) is 31.2 Å². The highest BCUT2D eigenvalue weighted by Gasteiger charge is 2.34. The molecule has 2 rings (SSSR count). The monoisotopic (exact) mass is 337 g/mol. The maximum atomic E-state index is 12.3. The van der Waals surface area contributed by atoms with Crippen LogP contribution in [0.4, 0.5) is 0 Å². The van der Waals surface area contributed by atoms with Crippen molar-refractivity contribution >= 4 is 16.1 Å². The summed E-state index contributed by atoms with van der Waals surface area (Å²) >= 11 is 0. The zero-order valence-electron chi connectivity index (χ0n) is 13.6. The fourth-order valence-electron chi connectivity index (χ4n) is 2.34.